The summed E-state index contributed by atoms with van der Waals surface area (Å²) in [5.41, 5.74) is -0.863. The van der Waals surface area contributed by atoms with Crippen LogP contribution in [0.5, 0.6) is 0 Å². The van der Waals surface area contributed by atoms with Gasteiger partial charge in [0.2, 0.25) is 0 Å². The zero-order chi connectivity index (χ0) is 14.0. The van der Waals surface area contributed by atoms with Gasteiger partial charge in [0.1, 0.15) is 5.82 Å². The number of aliphatic carboxylic acids is 1. The monoisotopic (exact) mass is 265 g/mol. The summed E-state index contributed by atoms with van der Waals surface area (Å²) >= 11 is 0. The van der Waals surface area contributed by atoms with E-state index in [1.165, 1.54) is 18.3 Å². The third kappa shape index (κ3) is 2.64. The summed E-state index contributed by atoms with van der Waals surface area (Å²) in [4.78, 5) is 27.4. The molecule has 1 aromatic heterocycles. The van der Waals surface area contributed by atoms with Crippen molar-refractivity contribution in [1.29, 1.82) is 0 Å². The molecule has 1 aromatic rings. The Kier molecular flexibility index (Phi) is 3.37. The van der Waals surface area contributed by atoms with Crippen molar-refractivity contribution in [3.8, 4) is 0 Å². The molecule has 7 nitrogen and oxygen atoms in total. The van der Waals surface area contributed by atoms with Gasteiger partial charge in [-0.05, 0) is 19.8 Å². The molecule has 0 radical (unpaired) electrons. The summed E-state index contributed by atoms with van der Waals surface area (Å²) in [5.74, 6) is -0.385. The maximum atomic E-state index is 11.3. The number of nitrogens with zero attached hydrogens (tertiary/aromatic N) is 3. The lowest BCUT2D eigenvalue weighted by atomic mass is 9.82. The van der Waals surface area contributed by atoms with Gasteiger partial charge >= 0.3 is 5.97 Å². The summed E-state index contributed by atoms with van der Waals surface area (Å²) in [5, 5.41) is 20.0. The first kappa shape index (κ1) is 13.3. The molecule has 0 amide bonds. The van der Waals surface area contributed by atoms with Gasteiger partial charge in [0.15, 0.2) is 0 Å². The predicted octanol–water partition coefficient (Wildman–Crippen LogP) is 1.68. The van der Waals surface area contributed by atoms with Crippen LogP contribution < -0.4 is 4.90 Å². The molecule has 2 heterocycles. The number of aromatic nitrogens is 1. The van der Waals surface area contributed by atoms with Crippen molar-refractivity contribution >= 4 is 17.5 Å². The lowest BCUT2D eigenvalue weighted by Gasteiger charge is -2.38. The number of pyridine rings is 1. The van der Waals surface area contributed by atoms with Crippen LogP contribution in [-0.2, 0) is 4.79 Å². The average molecular weight is 265 g/mol. The molecule has 1 aliphatic heterocycles. The highest BCUT2D eigenvalue weighted by molar-refractivity contribution is 5.75. The van der Waals surface area contributed by atoms with E-state index in [1.807, 2.05) is 0 Å². The van der Waals surface area contributed by atoms with E-state index in [0.717, 1.165) is 6.42 Å². The zero-order valence-corrected chi connectivity index (χ0v) is 10.6. The second-order valence-corrected chi connectivity index (χ2v) is 5.02. The Bertz CT molecular complexity index is 519. The topological polar surface area (TPSA) is 96.6 Å². The number of nitro groups is 1. The zero-order valence-electron chi connectivity index (χ0n) is 10.6. The minimum Gasteiger partial charge on any atom is -0.481 e. The third-order valence-electron chi connectivity index (χ3n) is 3.48. The Hall–Kier alpha value is -2.18. The van der Waals surface area contributed by atoms with E-state index in [9.17, 15) is 20.0 Å². The van der Waals surface area contributed by atoms with Gasteiger partial charge in [0.05, 0.1) is 16.4 Å². The van der Waals surface area contributed by atoms with Crippen molar-refractivity contribution in [2.24, 2.45) is 5.41 Å². The molecule has 19 heavy (non-hydrogen) atoms. The summed E-state index contributed by atoms with van der Waals surface area (Å²) < 4.78 is 0. The second-order valence-electron chi connectivity index (χ2n) is 5.02. The first-order chi connectivity index (χ1) is 8.92. The summed E-state index contributed by atoms with van der Waals surface area (Å²) in [6.07, 6.45) is 2.71. The van der Waals surface area contributed by atoms with Crippen LogP contribution in [0.4, 0.5) is 11.5 Å². The number of hydrogen-bond acceptors (Lipinski definition) is 5. The third-order valence-corrected chi connectivity index (χ3v) is 3.48. The largest absolute Gasteiger partial charge is 0.481 e. The number of carboxylic acids is 1. The highest BCUT2D eigenvalue weighted by Crippen LogP contribution is 2.32. The summed E-state index contributed by atoms with van der Waals surface area (Å²) in [6, 6.07) is 2.71. The van der Waals surface area contributed by atoms with Gasteiger partial charge in [-0.25, -0.2) is 4.98 Å². The fourth-order valence-electron chi connectivity index (χ4n) is 2.30. The average Bonchev–Trinajstić information content (AvgIpc) is 2.39. The van der Waals surface area contributed by atoms with Crippen LogP contribution in [0.2, 0.25) is 0 Å². The fraction of sp³-hybridized carbons (Fsp3) is 0.500. The standard InChI is InChI=1S/C12H15N3O4/c1-12(11(16)17)4-2-6-14(8-12)10-7-9(15(18)19)3-5-13-10/h3,5,7H,2,4,6,8H2,1H3,(H,16,17). The summed E-state index contributed by atoms with van der Waals surface area (Å²) in [6.45, 7) is 2.67. The normalized spacial score (nSPS) is 23.1. The minimum absolute atomic E-state index is 0.0346. The Balaban J connectivity index is 2.24. The molecule has 1 aliphatic rings. The van der Waals surface area contributed by atoms with E-state index >= 15 is 0 Å². The molecule has 0 saturated carbocycles. The van der Waals surface area contributed by atoms with E-state index in [1.54, 1.807) is 11.8 Å². The van der Waals surface area contributed by atoms with Crippen molar-refractivity contribution in [1.82, 2.24) is 4.98 Å². The molecule has 0 bridgehead atoms. The van der Waals surface area contributed by atoms with Gasteiger partial charge in [-0.15, -0.1) is 0 Å². The number of hydrogen-bond donors (Lipinski definition) is 1. The Labute approximate surface area is 110 Å². The fourth-order valence-corrected chi connectivity index (χ4v) is 2.30. The van der Waals surface area contributed by atoms with Crippen LogP contribution >= 0.6 is 0 Å². The van der Waals surface area contributed by atoms with E-state index in [-0.39, 0.29) is 5.69 Å². The molecule has 2 rings (SSSR count). The van der Waals surface area contributed by atoms with Gasteiger partial charge in [0.25, 0.3) is 5.69 Å². The van der Waals surface area contributed by atoms with Crippen molar-refractivity contribution < 1.29 is 14.8 Å². The molecule has 7 heteroatoms. The van der Waals surface area contributed by atoms with E-state index in [0.29, 0.717) is 25.3 Å². The Morgan fingerprint density at radius 3 is 3.00 bits per heavy atom. The lowest BCUT2D eigenvalue weighted by molar-refractivity contribution is -0.384. The van der Waals surface area contributed by atoms with Crippen LogP contribution in [-0.4, -0.2) is 34.1 Å². The van der Waals surface area contributed by atoms with Gasteiger partial charge in [0, 0.05) is 25.4 Å². The molecular weight excluding hydrogens is 250 g/mol. The highest BCUT2D eigenvalue weighted by atomic mass is 16.6. The minimum atomic E-state index is -0.845. The van der Waals surface area contributed by atoms with Crippen LogP contribution in [0.3, 0.4) is 0 Å². The molecular formula is C12H15N3O4. The maximum Gasteiger partial charge on any atom is 0.311 e. The van der Waals surface area contributed by atoms with Crippen molar-refractivity contribution in [2.45, 2.75) is 19.8 Å². The number of piperidine rings is 1. The molecule has 0 aliphatic carbocycles. The number of carboxylic acid groups (broad SMARTS) is 1. The molecule has 0 aromatic carbocycles. The van der Waals surface area contributed by atoms with Crippen LogP contribution in [0.15, 0.2) is 18.3 Å². The van der Waals surface area contributed by atoms with Crippen LogP contribution in [0.25, 0.3) is 0 Å². The molecule has 1 unspecified atom stereocenters. The first-order valence-electron chi connectivity index (χ1n) is 6.01. The molecule has 1 saturated heterocycles. The molecule has 1 fully saturated rings. The molecule has 102 valence electrons. The van der Waals surface area contributed by atoms with Crippen molar-refractivity contribution in [3.05, 3.63) is 28.4 Å². The number of anilines is 1. The van der Waals surface area contributed by atoms with Gasteiger partial charge < -0.3 is 10.0 Å². The van der Waals surface area contributed by atoms with Crippen molar-refractivity contribution in [2.75, 3.05) is 18.0 Å². The maximum absolute atomic E-state index is 11.3. The van der Waals surface area contributed by atoms with Crippen LogP contribution in [0.1, 0.15) is 19.8 Å². The van der Waals surface area contributed by atoms with Crippen LogP contribution in [0, 0.1) is 15.5 Å². The number of carbonyl (C=O) groups is 1. The SMILES string of the molecule is CC1(C(=O)O)CCCN(c2cc([N+](=O)[O-])ccn2)C1. The summed E-state index contributed by atoms with van der Waals surface area (Å²) in [7, 11) is 0. The van der Waals surface area contributed by atoms with Gasteiger partial charge in [-0.1, -0.05) is 0 Å². The van der Waals surface area contributed by atoms with Crippen molar-refractivity contribution in [3.63, 3.8) is 0 Å². The second kappa shape index (κ2) is 4.83. The first-order valence-corrected chi connectivity index (χ1v) is 6.01. The molecule has 0 spiro atoms. The highest BCUT2D eigenvalue weighted by Gasteiger charge is 2.38. The molecule has 1 N–H and O–H groups in total. The number of rotatable bonds is 3. The predicted molar refractivity (Wildman–Crippen MR) is 68.1 cm³/mol. The van der Waals surface area contributed by atoms with E-state index < -0.39 is 16.3 Å². The molecule has 1 atom stereocenters. The van der Waals surface area contributed by atoms with Gasteiger partial charge in [-0.2, -0.15) is 0 Å². The van der Waals surface area contributed by atoms with E-state index in [4.69, 9.17) is 0 Å². The Morgan fingerprint density at radius 2 is 2.37 bits per heavy atom. The quantitative estimate of drug-likeness (QED) is 0.659. The smallest absolute Gasteiger partial charge is 0.311 e. The van der Waals surface area contributed by atoms with E-state index in [2.05, 4.69) is 4.98 Å². The lowest BCUT2D eigenvalue weighted by Crippen LogP contribution is -2.46. The Morgan fingerprint density at radius 1 is 1.63 bits per heavy atom. The van der Waals surface area contributed by atoms with Gasteiger partial charge in [-0.3, -0.25) is 14.9 Å².